The van der Waals surface area contributed by atoms with Gasteiger partial charge in [-0.2, -0.15) is 0 Å². The Balaban J connectivity index is 1.37. The molecule has 2 heterocycles. The second-order valence-electron chi connectivity index (χ2n) is 7.88. The van der Waals surface area contributed by atoms with Crippen molar-refractivity contribution in [1.82, 2.24) is 9.80 Å². The lowest BCUT2D eigenvalue weighted by atomic mass is 9.98. The van der Waals surface area contributed by atoms with E-state index in [1.807, 2.05) is 0 Å². The highest BCUT2D eigenvalue weighted by molar-refractivity contribution is 6.14. The van der Waals surface area contributed by atoms with Crippen molar-refractivity contribution in [1.29, 1.82) is 0 Å². The number of hydrogen-bond acceptors (Lipinski definition) is 8. The number of nitrogens with zero attached hydrogens (tertiary/aromatic N) is 2. The highest BCUT2D eigenvalue weighted by Gasteiger charge is 2.26. The normalized spacial score (nSPS) is 14.8. The molecule has 0 saturated carbocycles. The molecule has 0 unspecified atom stereocenters. The van der Waals surface area contributed by atoms with Crippen LogP contribution in [0.25, 0.3) is 0 Å². The SMILES string of the molecule is CCOC(=O)N1CCN(C(=O)COC(=O)c2ccccc2C(=O)c2ccc3c(c2)OCCO3)CC1. The fraction of sp³-hybridized carbons (Fsp3) is 0.360. The predicted molar refractivity (Wildman–Crippen MR) is 123 cm³/mol. The molecule has 2 amide bonds. The van der Waals surface area contributed by atoms with E-state index in [4.69, 9.17) is 18.9 Å². The maximum atomic E-state index is 13.2. The zero-order valence-electron chi connectivity index (χ0n) is 19.4. The van der Waals surface area contributed by atoms with Crippen molar-refractivity contribution in [3.05, 3.63) is 59.2 Å². The number of carbonyl (C=O) groups is 4. The minimum atomic E-state index is -0.773. The maximum absolute atomic E-state index is 13.2. The first kappa shape index (κ1) is 24.1. The Hall–Kier alpha value is -4.08. The van der Waals surface area contributed by atoms with Gasteiger partial charge in [-0.15, -0.1) is 0 Å². The highest BCUT2D eigenvalue weighted by atomic mass is 16.6. The van der Waals surface area contributed by atoms with Crippen LogP contribution in [0, 0.1) is 0 Å². The van der Waals surface area contributed by atoms with Gasteiger partial charge in [-0.05, 0) is 31.2 Å². The summed E-state index contributed by atoms with van der Waals surface area (Å²) in [6.07, 6.45) is -0.412. The molecular formula is C25H26N2O8. The number of rotatable bonds is 6. The molecular weight excluding hydrogens is 456 g/mol. The van der Waals surface area contributed by atoms with Gasteiger partial charge in [-0.3, -0.25) is 9.59 Å². The van der Waals surface area contributed by atoms with Crippen LogP contribution in [0.1, 0.15) is 33.2 Å². The van der Waals surface area contributed by atoms with Gasteiger partial charge in [0.05, 0.1) is 12.2 Å². The summed E-state index contributed by atoms with van der Waals surface area (Å²) in [6, 6.07) is 11.1. The zero-order valence-corrected chi connectivity index (χ0v) is 19.4. The molecule has 1 fully saturated rings. The lowest BCUT2D eigenvalue weighted by Gasteiger charge is -2.33. The van der Waals surface area contributed by atoms with Crippen LogP contribution in [-0.4, -0.2) is 86.2 Å². The average molecular weight is 482 g/mol. The molecule has 0 spiro atoms. The van der Waals surface area contributed by atoms with Crippen molar-refractivity contribution in [2.45, 2.75) is 6.92 Å². The second-order valence-corrected chi connectivity index (χ2v) is 7.88. The second kappa shape index (κ2) is 10.9. The zero-order chi connectivity index (χ0) is 24.8. The van der Waals surface area contributed by atoms with Gasteiger partial charge in [-0.1, -0.05) is 18.2 Å². The van der Waals surface area contributed by atoms with Gasteiger partial charge < -0.3 is 28.7 Å². The van der Waals surface area contributed by atoms with Gasteiger partial charge in [0.25, 0.3) is 5.91 Å². The standard InChI is InChI=1S/C25H26N2O8/c1-2-32-25(31)27-11-9-26(10-12-27)22(28)16-35-24(30)19-6-4-3-5-18(19)23(29)17-7-8-20-21(15-17)34-14-13-33-20/h3-8,15H,2,9-14,16H2,1H3. The van der Waals surface area contributed by atoms with E-state index in [0.29, 0.717) is 56.5 Å². The van der Waals surface area contributed by atoms with Crippen LogP contribution in [0.4, 0.5) is 4.79 Å². The summed E-state index contributed by atoms with van der Waals surface area (Å²) in [6.45, 7) is 3.68. The summed E-state index contributed by atoms with van der Waals surface area (Å²) in [7, 11) is 0. The van der Waals surface area contributed by atoms with Crippen molar-refractivity contribution in [2.24, 2.45) is 0 Å². The van der Waals surface area contributed by atoms with Gasteiger partial charge in [0.15, 0.2) is 23.9 Å². The van der Waals surface area contributed by atoms with Gasteiger partial charge >= 0.3 is 12.1 Å². The van der Waals surface area contributed by atoms with Crippen molar-refractivity contribution in [3.63, 3.8) is 0 Å². The third-order valence-electron chi connectivity index (χ3n) is 5.68. The number of esters is 1. The Morgan fingerprint density at radius 1 is 0.829 bits per heavy atom. The quantitative estimate of drug-likeness (QED) is 0.455. The number of ketones is 1. The molecule has 0 bridgehead atoms. The minimum absolute atomic E-state index is 0.0623. The number of fused-ring (bicyclic) bond motifs is 1. The van der Waals surface area contributed by atoms with E-state index in [0.717, 1.165) is 0 Å². The third-order valence-corrected chi connectivity index (χ3v) is 5.68. The van der Waals surface area contributed by atoms with E-state index < -0.39 is 18.7 Å². The number of benzene rings is 2. The fourth-order valence-electron chi connectivity index (χ4n) is 3.85. The van der Waals surface area contributed by atoms with Gasteiger partial charge in [0.1, 0.15) is 13.2 Å². The Labute approximate surface area is 202 Å². The van der Waals surface area contributed by atoms with E-state index in [9.17, 15) is 19.2 Å². The first-order valence-electron chi connectivity index (χ1n) is 11.4. The van der Waals surface area contributed by atoms with E-state index in [2.05, 4.69) is 0 Å². The molecule has 2 aromatic carbocycles. The van der Waals surface area contributed by atoms with Crippen LogP contribution in [0.5, 0.6) is 11.5 Å². The smallest absolute Gasteiger partial charge is 0.409 e. The molecule has 184 valence electrons. The van der Waals surface area contributed by atoms with Crippen LogP contribution in [0.15, 0.2) is 42.5 Å². The number of ether oxygens (including phenoxy) is 4. The molecule has 0 aliphatic carbocycles. The van der Waals surface area contributed by atoms with Crippen molar-refractivity contribution in [2.75, 3.05) is 52.6 Å². The molecule has 2 aliphatic heterocycles. The predicted octanol–water partition coefficient (Wildman–Crippen LogP) is 2.15. The molecule has 2 aliphatic rings. The lowest BCUT2D eigenvalue weighted by Crippen LogP contribution is -2.51. The Morgan fingerprint density at radius 3 is 2.20 bits per heavy atom. The molecule has 0 radical (unpaired) electrons. The van der Waals surface area contributed by atoms with Crippen molar-refractivity contribution < 1.29 is 38.1 Å². The van der Waals surface area contributed by atoms with E-state index in [1.54, 1.807) is 37.3 Å². The molecule has 2 aromatic rings. The van der Waals surface area contributed by atoms with Crippen LogP contribution in [-0.2, 0) is 14.3 Å². The monoisotopic (exact) mass is 482 g/mol. The Bertz CT molecular complexity index is 1120. The van der Waals surface area contributed by atoms with Gasteiger partial charge in [-0.25, -0.2) is 9.59 Å². The summed E-state index contributed by atoms with van der Waals surface area (Å²) in [5.41, 5.74) is 0.557. The summed E-state index contributed by atoms with van der Waals surface area (Å²) in [5, 5.41) is 0. The topological polar surface area (TPSA) is 112 Å². The minimum Gasteiger partial charge on any atom is -0.486 e. The van der Waals surface area contributed by atoms with Crippen molar-refractivity contribution in [3.8, 4) is 11.5 Å². The molecule has 4 rings (SSSR count). The number of amides is 2. The Morgan fingerprint density at radius 2 is 1.49 bits per heavy atom. The molecule has 0 aromatic heterocycles. The van der Waals surface area contributed by atoms with Gasteiger partial charge in [0.2, 0.25) is 0 Å². The summed E-state index contributed by atoms with van der Waals surface area (Å²) in [5.74, 6) is -0.503. The number of hydrogen-bond donors (Lipinski definition) is 0. The first-order valence-corrected chi connectivity index (χ1v) is 11.4. The molecule has 10 nitrogen and oxygen atoms in total. The van der Waals surface area contributed by atoms with Crippen molar-refractivity contribution >= 4 is 23.8 Å². The largest absolute Gasteiger partial charge is 0.486 e. The van der Waals surface area contributed by atoms with Crippen LogP contribution >= 0.6 is 0 Å². The lowest BCUT2D eigenvalue weighted by molar-refractivity contribution is -0.136. The fourth-order valence-corrected chi connectivity index (χ4v) is 3.85. The van der Waals surface area contributed by atoms with Gasteiger partial charge in [0, 0.05) is 37.3 Å². The van der Waals surface area contributed by atoms with Crippen LogP contribution in [0.2, 0.25) is 0 Å². The summed E-state index contributed by atoms with van der Waals surface area (Å²) in [4.78, 5) is 53.3. The van der Waals surface area contributed by atoms with E-state index >= 15 is 0 Å². The van der Waals surface area contributed by atoms with E-state index in [1.165, 1.54) is 21.9 Å². The molecule has 0 N–H and O–H groups in total. The molecule has 0 atom stereocenters. The van der Waals surface area contributed by atoms with E-state index in [-0.39, 0.29) is 29.4 Å². The molecule has 1 saturated heterocycles. The highest BCUT2D eigenvalue weighted by Crippen LogP contribution is 2.31. The van der Waals surface area contributed by atoms with Crippen LogP contribution < -0.4 is 9.47 Å². The third kappa shape index (κ3) is 5.53. The Kier molecular flexibility index (Phi) is 7.49. The van der Waals surface area contributed by atoms with Crippen LogP contribution in [0.3, 0.4) is 0 Å². The average Bonchev–Trinajstić information content (AvgIpc) is 2.91. The molecule has 10 heteroatoms. The first-order chi connectivity index (χ1) is 17.0. The number of carbonyl (C=O) groups excluding carboxylic acids is 4. The summed E-state index contributed by atoms with van der Waals surface area (Å²) < 4.78 is 21.2. The number of piperazine rings is 1. The maximum Gasteiger partial charge on any atom is 0.409 e. The summed E-state index contributed by atoms with van der Waals surface area (Å²) >= 11 is 0. The molecule has 35 heavy (non-hydrogen) atoms.